The van der Waals surface area contributed by atoms with E-state index in [1.807, 2.05) is 0 Å². The van der Waals surface area contributed by atoms with Crippen LogP contribution in [0.15, 0.2) is 0 Å². The van der Waals surface area contributed by atoms with Crippen LogP contribution in [-0.4, -0.2) is 38.2 Å². The zero-order chi connectivity index (χ0) is 10.8. The van der Waals surface area contributed by atoms with Gasteiger partial charge in [0.1, 0.15) is 13.2 Å². The maximum Gasteiger partial charge on any atom is 0.508 e. The van der Waals surface area contributed by atoms with Crippen LogP contribution in [0.1, 0.15) is 13.3 Å². The summed E-state index contributed by atoms with van der Waals surface area (Å²) in [5.41, 5.74) is 0. The van der Waals surface area contributed by atoms with Gasteiger partial charge in [0.05, 0.1) is 13.0 Å². The molecule has 0 spiro atoms. The Morgan fingerprint density at radius 1 is 1.21 bits per heavy atom. The molecule has 0 N–H and O–H groups in total. The molecule has 0 heterocycles. The fourth-order valence-corrected chi connectivity index (χ4v) is 0.576. The number of hydrogen-bond donors (Lipinski definition) is 0. The Balaban J connectivity index is 3.39. The van der Waals surface area contributed by atoms with Crippen molar-refractivity contribution in [2.24, 2.45) is 0 Å². The number of carbonyl (C=O) groups excluding carboxylic acids is 3. The molecule has 80 valence electrons. The first-order valence-electron chi connectivity index (χ1n) is 4.09. The molecule has 0 atom stereocenters. The van der Waals surface area contributed by atoms with E-state index in [1.54, 1.807) is 6.92 Å². The molecule has 0 bridgehead atoms. The molecule has 0 radical (unpaired) electrons. The monoisotopic (exact) mass is 204 g/mol. The van der Waals surface area contributed by atoms with Crippen molar-refractivity contribution in [1.29, 1.82) is 0 Å². The minimum Gasteiger partial charge on any atom is -0.458 e. The van der Waals surface area contributed by atoms with Gasteiger partial charge in [-0.3, -0.25) is 9.59 Å². The molecular formula is C8H12O6. The highest BCUT2D eigenvalue weighted by Crippen LogP contribution is 1.90. The van der Waals surface area contributed by atoms with Gasteiger partial charge >= 0.3 is 12.1 Å². The number of esters is 1. The lowest BCUT2D eigenvalue weighted by molar-refractivity contribution is -0.146. The van der Waals surface area contributed by atoms with Gasteiger partial charge in [-0.15, -0.1) is 0 Å². The molecular weight excluding hydrogens is 192 g/mol. The zero-order valence-corrected chi connectivity index (χ0v) is 7.86. The molecule has 6 nitrogen and oxygen atoms in total. The molecule has 0 aliphatic rings. The zero-order valence-electron chi connectivity index (χ0n) is 7.86. The first kappa shape index (κ1) is 12.4. The number of ether oxygens (including phenoxy) is 3. The van der Waals surface area contributed by atoms with Crippen LogP contribution in [0.2, 0.25) is 0 Å². The van der Waals surface area contributed by atoms with Crippen molar-refractivity contribution in [3.63, 3.8) is 0 Å². The molecule has 0 saturated heterocycles. The van der Waals surface area contributed by atoms with Crippen molar-refractivity contribution in [3.05, 3.63) is 0 Å². The lowest BCUT2D eigenvalue weighted by Gasteiger charge is -2.03. The average molecular weight is 204 g/mol. The standard InChI is InChI=1S/C8H12O6/c1-2-12-8(11)14-5-3-7(10)13-6-4-9/h4H,2-3,5-6H2,1H3. The fourth-order valence-electron chi connectivity index (χ4n) is 0.576. The Morgan fingerprint density at radius 3 is 2.50 bits per heavy atom. The van der Waals surface area contributed by atoms with Crippen LogP contribution in [-0.2, 0) is 23.8 Å². The summed E-state index contributed by atoms with van der Waals surface area (Å²) >= 11 is 0. The first-order valence-corrected chi connectivity index (χ1v) is 4.09. The Kier molecular flexibility index (Phi) is 7.12. The molecule has 0 unspecified atom stereocenters. The molecule has 0 aromatic heterocycles. The molecule has 0 aromatic rings. The maximum absolute atomic E-state index is 10.7. The van der Waals surface area contributed by atoms with Gasteiger partial charge in [-0.2, -0.15) is 0 Å². The van der Waals surface area contributed by atoms with Crippen molar-refractivity contribution in [3.8, 4) is 0 Å². The van der Waals surface area contributed by atoms with Gasteiger partial charge < -0.3 is 14.2 Å². The van der Waals surface area contributed by atoms with E-state index < -0.39 is 12.1 Å². The molecule has 0 rings (SSSR count). The van der Waals surface area contributed by atoms with Gasteiger partial charge in [0, 0.05) is 0 Å². The third-order valence-electron chi connectivity index (χ3n) is 1.10. The van der Waals surface area contributed by atoms with E-state index in [2.05, 4.69) is 14.2 Å². The predicted molar refractivity (Wildman–Crippen MR) is 44.6 cm³/mol. The van der Waals surface area contributed by atoms with Crippen LogP contribution in [0.25, 0.3) is 0 Å². The number of rotatable bonds is 6. The van der Waals surface area contributed by atoms with Crippen LogP contribution in [0, 0.1) is 0 Å². The Morgan fingerprint density at radius 2 is 1.93 bits per heavy atom. The van der Waals surface area contributed by atoms with Gasteiger partial charge in [-0.1, -0.05) is 0 Å². The minimum atomic E-state index is -0.823. The van der Waals surface area contributed by atoms with Crippen LogP contribution < -0.4 is 0 Å². The quantitative estimate of drug-likeness (QED) is 0.457. The average Bonchev–Trinajstić information content (AvgIpc) is 2.15. The van der Waals surface area contributed by atoms with Gasteiger partial charge in [-0.05, 0) is 6.92 Å². The second kappa shape index (κ2) is 8.03. The summed E-state index contributed by atoms with van der Waals surface area (Å²) in [6.45, 7) is 1.46. The summed E-state index contributed by atoms with van der Waals surface area (Å²) in [6, 6.07) is 0. The summed E-state index contributed by atoms with van der Waals surface area (Å²) in [7, 11) is 0. The third kappa shape index (κ3) is 7.08. The second-order valence-corrected chi connectivity index (χ2v) is 2.13. The highest BCUT2D eigenvalue weighted by Gasteiger charge is 2.06. The van der Waals surface area contributed by atoms with Crippen LogP contribution in [0.4, 0.5) is 4.79 Å². The lowest BCUT2D eigenvalue weighted by Crippen LogP contribution is -2.13. The summed E-state index contributed by atoms with van der Waals surface area (Å²) < 4.78 is 13.3. The van der Waals surface area contributed by atoms with Crippen molar-refractivity contribution < 1.29 is 28.6 Å². The van der Waals surface area contributed by atoms with Gasteiger partial charge in [-0.25, -0.2) is 4.79 Å². The smallest absolute Gasteiger partial charge is 0.458 e. The highest BCUT2D eigenvalue weighted by atomic mass is 16.7. The topological polar surface area (TPSA) is 78.9 Å². The van der Waals surface area contributed by atoms with Crippen molar-refractivity contribution >= 4 is 18.4 Å². The minimum absolute atomic E-state index is 0.0906. The normalized spacial score (nSPS) is 8.93. The van der Waals surface area contributed by atoms with Crippen LogP contribution in [0.5, 0.6) is 0 Å². The Bertz CT molecular complexity index is 200. The molecule has 0 amide bonds. The fraction of sp³-hybridized carbons (Fsp3) is 0.625. The summed E-state index contributed by atoms with van der Waals surface area (Å²) in [6.07, 6.45) is -0.452. The van der Waals surface area contributed by atoms with Crippen LogP contribution in [0.3, 0.4) is 0 Å². The number of carbonyl (C=O) groups is 3. The summed E-state index contributed by atoms with van der Waals surface area (Å²) in [4.78, 5) is 31.1. The van der Waals surface area contributed by atoms with Crippen molar-refractivity contribution in [2.45, 2.75) is 13.3 Å². The largest absolute Gasteiger partial charge is 0.508 e. The number of hydrogen-bond acceptors (Lipinski definition) is 6. The molecule has 0 aliphatic heterocycles. The van der Waals surface area contributed by atoms with Gasteiger partial charge in [0.25, 0.3) is 0 Å². The van der Waals surface area contributed by atoms with Gasteiger partial charge in [0.15, 0.2) is 6.29 Å². The predicted octanol–water partition coefficient (Wildman–Crippen LogP) is 0.292. The molecule has 6 heteroatoms. The summed E-state index contributed by atoms with van der Waals surface area (Å²) in [5, 5.41) is 0. The maximum atomic E-state index is 10.7. The highest BCUT2D eigenvalue weighted by molar-refractivity contribution is 5.71. The number of aldehydes is 1. The molecule has 0 saturated carbocycles. The van der Waals surface area contributed by atoms with E-state index in [1.165, 1.54) is 0 Å². The van der Waals surface area contributed by atoms with Crippen LogP contribution >= 0.6 is 0 Å². The third-order valence-corrected chi connectivity index (χ3v) is 1.10. The SMILES string of the molecule is CCOC(=O)OCCC(=O)OCC=O. The van der Waals surface area contributed by atoms with E-state index in [4.69, 9.17) is 0 Å². The van der Waals surface area contributed by atoms with E-state index >= 15 is 0 Å². The van der Waals surface area contributed by atoms with Crippen molar-refractivity contribution in [1.82, 2.24) is 0 Å². The van der Waals surface area contributed by atoms with Crippen molar-refractivity contribution in [2.75, 3.05) is 19.8 Å². The molecule has 0 fully saturated rings. The molecule has 0 aliphatic carbocycles. The Labute approximate surface area is 81.1 Å². The van der Waals surface area contributed by atoms with E-state index in [0.29, 0.717) is 6.29 Å². The Hall–Kier alpha value is -1.59. The van der Waals surface area contributed by atoms with E-state index in [9.17, 15) is 14.4 Å². The molecule has 14 heavy (non-hydrogen) atoms. The summed E-state index contributed by atoms with van der Waals surface area (Å²) in [5.74, 6) is -0.596. The lowest BCUT2D eigenvalue weighted by atomic mass is 10.5. The molecule has 0 aromatic carbocycles. The van der Waals surface area contributed by atoms with E-state index in [0.717, 1.165) is 0 Å². The first-order chi connectivity index (χ1) is 6.70. The van der Waals surface area contributed by atoms with E-state index in [-0.39, 0.29) is 26.2 Å². The second-order valence-electron chi connectivity index (χ2n) is 2.13. The van der Waals surface area contributed by atoms with Gasteiger partial charge in [0.2, 0.25) is 0 Å².